The lowest BCUT2D eigenvalue weighted by Crippen LogP contribution is -2.38. The number of hydrogen-bond acceptors (Lipinski definition) is 8. The number of benzene rings is 1. The van der Waals surface area contributed by atoms with Gasteiger partial charge in [-0.05, 0) is 24.1 Å². The van der Waals surface area contributed by atoms with Crippen molar-refractivity contribution in [3.05, 3.63) is 33.9 Å². The van der Waals surface area contributed by atoms with E-state index >= 15 is 0 Å². The number of carbonyl (C=O) groups is 2. The van der Waals surface area contributed by atoms with Gasteiger partial charge in [0.2, 0.25) is 13.3 Å². The van der Waals surface area contributed by atoms with Crippen LogP contribution in [0.1, 0.15) is 5.56 Å². The van der Waals surface area contributed by atoms with Crippen LogP contribution in [0.15, 0.2) is 18.2 Å². The van der Waals surface area contributed by atoms with Gasteiger partial charge in [-0.25, -0.2) is 0 Å². The van der Waals surface area contributed by atoms with Crippen LogP contribution in [0.3, 0.4) is 0 Å². The van der Waals surface area contributed by atoms with Gasteiger partial charge in [0.1, 0.15) is 0 Å². The van der Waals surface area contributed by atoms with E-state index in [4.69, 9.17) is 9.47 Å². The first-order valence-electron chi connectivity index (χ1n) is 7.12. The quantitative estimate of drug-likeness (QED) is 0.310. The molecule has 0 saturated heterocycles. The molecule has 1 heterocycles. The zero-order valence-electron chi connectivity index (χ0n) is 13.2. The third-order valence-electron chi connectivity index (χ3n) is 3.70. The Morgan fingerprint density at radius 3 is 2.42 bits per heavy atom. The normalized spacial score (nSPS) is 13.5. The van der Waals surface area contributed by atoms with E-state index in [0.717, 1.165) is 14.2 Å². The Balaban J connectivity index is 2.27. The van der Waals surface area contributed by atoms with Gasteiger partial charge in [0.15, 0.2) is 17.4 Å². The minimum Gasteiger partial charge on any atom is -0.468 e. The lowest BCUT2D eigenvalue weighted by Gasteiger charge is -2.20. The first-order valence-corrected chi connectivity index (χ1v) is 7.12. The van der Waals surface area contributed by atoms with Crippen LogP contribution in [0.2, 0.25) is 0 Å². The summed E-state index contributed by atoms with van der Waals surface area (Å²) in [7, 11) is 2.23. The standard InChI is InChI=1S/C15H17NO8/c1-21-14(17)13(15(18)22-2)10(7-16(19)20)5-9-3-4-11-12(6-9)24-8-23-11/h3-4,6,10,13H,5,7-8H2,1-2H3. The lowest BCUT2D eigenvalue weighted by molar-refractivity contribution is -0.489. The Kier molecular flexibility index (Phi) is 5.56. The summed E-state index contributed by atoms with van der Waals surface area (Å²) < 4.78 is 19.7. The van der Waals surface area contributed by atoms with Crippen molar-refractivity contribution in [2.24, 2.45) is 11.8 Å². The number of esters is 2. The fraction of sp³-hybridized carbons (Fsp3) is 0.467. The smallest absolute Gasteiger partial charge is 0.320 e. The van der Waals surface area contributed by atoms with Crippen LogP contribution >= 0.6 is 0 Å². The van der Waals surface area contributed by atoms with E-state index in [-0.39, 0.29) is 13.2 Å². The number of hydrogen-bond donors (Lipinski definition) is 0. The van der Waals surface area contributed by atoms with Crippen molar-refractivity contribution < 1.29 is 33.5 Å². The molecule has 1 atom stereocenters. The van der Waals surface area contributed by atoms with E-state index in [1.165, 1.54) is 0 Å². The molecule has 1 aliphatic rings. The van der Waals surface area contributed by atoms with Gasteiger partial charge in [-0.3, -0.25) is 19.7 Å². The second kappa shape index (κ2) is 7.62. The average Bonchev–Trinajstić information content (AvgIpc) is 3.01. The summed E-state index contributed by atoms with van der Waals surface area (Å²) in [6.45, 7) is -0.479. The highest BCUT2D eigenvalue weighted by molar-refractivity contribution is 5.95. The molecule has 1 aromatic carbocycles. The molecule has 0 fully saturated rings. The summed E-state index contributed by atoms with van der Waals surface area (Å²) in [5, 5.41) is 11.0. The first kappa shape index (κ1) is 17.5. The lowest BCUT2D eigenvalue weighted by atomic mass is 9.86. The molecule has 0 radical (unpaired) electrons. The molecule has 0 amide bonds. The Hall–Kier alpha value is -2.84. The highest BCUT2D eigenvalue weighted by atomic mass is 16.7. The SMILES string of the molecule is COC(=O)C(C(=O)OC)C(Cc1ccc2c(c1)OCO2)C[N+](=O)[O-]. The van der Waals surface area contributed by atoms with Crippen LogP contribution in [-0.2, 0) is 25.5 Å². The molecule has 0 spiro atoms. The summed E-state index contributed by atoms with van der Waals surface area (Å²) in [6.07, 6.45) is 0.104. The van der Waals surface area contributed by atoms with Crippen molar-refractivity contribution in [2.45, 2.75) is 6.42 Å². The second-order valence-corrected chi connectivity index (χ2v) is 5.19. The van der Waals surface area contributed by atoms with Crippen molar-refractivity contribution in [2.75, 3.05) is 27.6 Å². The van der Waals surface area contributed by atoms with Crippen molar-refractivity contribution >= 4 is 11.9 Å². The molecular formula is C15H17NO8. The van der Waals surface area contributed by atoms with Crippen LogP contribution in [0, 0.1) is 22.0 Å². The minimum atomic E-state index is -1.38. The number of carbonyl (C=O) groups excluding carboxylic acids is 2. The van der Waals surface area contributed by atoms with E-state index in [2.05, 4.69) is 9.47 Å². The first-order chi connectivity index (χ1) is 11.5. The largest absolute Gasteiger partial charge is 0.468 e. The van der Waals surface area contributed by atoms with E-state index in [1.807, 2.05) is 0 Å². The Morgan fingerprint density at radius 1 is 1.21 bits per heavy atom. The van der Waals surface area contributed by atoms with Crippen molar-refractivity contribution in [1.29, 1.82) is 0 Å². The van der Waals surface area contributed by atoms with Crippen molar-refractivity contribution in [3.8, 4) is 11.5 Å². The Labute approximate surface area is 137 Å². The number of methoxy groups -OCH3 is 2. The maximum absolute atomic E-state index is 11.9. The molecular weight excluding hydrogens is 322 g/mol. The van der Waals surface area contributed by atoms with E-state index in [9.17, 15) is 19.7 Å². The third kappa shape index (κ3) is 3.92. The monoisotopic (exact) mass is 339 g/mol. The summed E-state index contributed by atoms with van der Waals surface area (Å²) in [5.74, 6) is -2.94. The topological polar surface area (TPSA) is 114 Å². The number of ether oxygens (including phenoxy) is 4. The molecule has 2 rings (SSSR count). The Bertz CT molecular complexity index is 628. The number of rotatable bonds is 7. The van der Waals surface area contributed by atoms with Crippen LogP contribution in [-0.4, -0.2) is 44.4 Å². The molecule has 0 saturated carbocycles. The van der Waals surface area contributed by atoms with Gasteiger partial charge < -0.3 is 18.9 Å². The summed E-state index contributed by atoms with van der Waals surface area (Å²) in [4.78, 5) is 34.2. The highest BCUT2D eigenvalue weighted by Gasteiger charge is 2.40. The molecule has 9 nitrogen and oxygen atoms in total. The van der Waals surface area contributed by atoms with Gasteiger partial charge in [-0.2, -0.15) is 0 Å². The van der Waals surface area contributed by atoms with E-state index in [1.54, 1.807) is 18.2 Å². The number of nitro groups is 1. The fourth-order valence-corrected chi connectivity index (χ4v) is 2.59. The zero-order chi connectivity index (χ0) is 17.7. The van der Waals surface area contributed by atoms with Gasteiger partial charge in [-0.15, -0.1) is 0 Å². The molecule has 1 unspecified atom stereocenters. The minimum absolute atomic E-state index is 0.101. The molecule has 1 aliphatic heterocycles. The number of fused-ring (bicyclic) bond motifs is 1. The van der Waals surface area contributed by atoms with Crippen LogP contribution in [0.5, 0.6) is 11.5 Å². The third-order valence-corrected chi connectivity index (χ3v) is 3.70. The molecule has 130 valence electrons. The van der Waals surface area contributed by atoms with E-state index in [0.29, 0.717) is 17.1 Å². The van der Waals surface area contributed by atoms with Crippen molar-refractivity contribution in [1.82, 2.24) is 0 Å². The van der Waals surface area contributed by atoms with Gasteiger partial charge in [0.25, 0.3) is 0 Å². The predicted octanol–water partition coefficient (Wildman–Crippen LogP) is 0.813. The summed E-state index contributed by atoms with van der Waals surface area (Å²) in [5.41, 5.74) is 0.670. The van der Waals surface area contributed by atoms with Gasteiger partial charge in [-0.1, -0.05) is 6.07 Å². The maximum Gasteiger partial charge on any atom is 0.320 e. The van der Waals surface area contributed by atoms with E-state index < -0.39 is 35.2 Å². The summed E-state index contributed by atoms with van der Waals surface area (Å²) >= 11 is 0. The second-order valence-electron chi connectivity index (χ2n) is 5.19. The van der Waals surface area contributed by atoms with Gasteiger partial charge in [0, 0.05) is 4.92 Å². The van der Waals surface area contributed by atoms with Crippen LogP contribution in [0.4, 0.5) is 0 Å². The highest BCUT2D eigenvalue weighted by Crippen LogP contribution is 2.34. The molecule has 0 bridgehead atoms. The average molecular weight is 339 g/mol. The molecule has 24 heavy (non-hydrogen) atoms. The molecule has 1 aromatic rings. The molecule has 0 N–H and O–H groups in total. The number of nitrogens with zero attached hydrogens (tertiary/aromatic N) is 1. The molecule has 0 aliphatic carbocycles. The van der Waals surface area contributed by atoms with Crippen LogP contribution < -0.4 is 9.47 Å². The molecule has 0 aromatic heterocycles. The fourth-order valence-electron chi connectivity index (χ4n) is 2.59. The maximum atomic E-state index is 11.9. The van der Waals surface area contributed by atoms with Crippen LogP contribution in [0.25, 0.3) is 0 Å². The predicted molar refractivity (Wildman–Crippen MR) is 79.1 cm³/mol. The zero-order valence-corrected chi connectivity index (χ0v) is 13.2. The van der Waals surface area contributed by atoms with Gasteiger partial charge in [0.05, 0.1) is 20.1 Å². The van der Waals surface area contributed by atoms with Gasteiger partial charge >= 0.3 is 11.9 Å². The Morgan fingerprint density at radius 2 is 1.83 bits per heavy atom. The molecule has 9 heteroatoms. The van der Waals surface area contributed by atoms with Crippen molar-refractivity contribution in [3.63, 3.8) is 0 Å². The summed E-state index contributed by atoms with van der Waals surface area (Å²) in [6, 6.07) is 5.04.